The second-order valence-corrected chi connectivity index (χ2v) is 4.51. The molecule has 0 aliphatic heterocycles. The van der Waals surface area contributed by atoms with E-state index in [1.165, 1.54) is 6.20 Å². The number of nitrogens with zero attached hydrogens (tertiary/aromatic N) is 3. The SMILES string of the molecule is NCc1cc(-c2cnc(C(F)(F)F)nc2)ncc1Br. The second-order valence-electron chi connectivity index (χ2n) is 3.66. The van der Waals surface area contributed by atoms with Gasteiger partial charge in [0.2, 0.25) is 5.82 Å². The van der Waals surface area contributed by atoms with Gasteiger partial charge in [0.25, 0.3) is 0 Å². The summed E-state index contributed by atoms with van der Waals surface area (Å²) in [4.78, 5) is 10.7. The summed E-state index contributed by atoms with van der Waals surface area (Å²) in [5.41, 5.74) is 7.21. The summed E-state index contributed by atoms with van der Waals surface area (Å²) in [6.07, 6.45) is -0.831. The molecule has 0 spiro atoms. The van der Waals surface area contributed by atoms with Crippen molar-refractivity contribution in [3.8, 4) is 11.3 Å². The fourth-order valence-corrected chi connectivity index (χ4v) is 1.78. The van der Waals surface area contributed by atoms with Crippen molar-refractivity contribution in [3.63, 3.8) is 0 Å². The van der Waals surface area contributed by atoms with Gasteiger partial charge in [0.05, 0.1) is 5.69 Å². The van der Waals surface area contributed by atoms with Crippen LogP contribution in [-0.4, -0.2) is 15.0 Å². The Morgan fingerprint density at radius 3 is 2.26 bits per heavy atom. The minimum Gasteiger partial charge on any atom is -0.326 e. The lowest BCUT2D eigenvalue weighted by Gasteiger charge is -2.07. The van der Waals surface area contributed by atoms with Crippen LogP contribution in [0.15, 0.2) is 29.1 Å². The van der Waals surface area contributed by atoms with E-state index < -0.39 is 12.0 Å². The van der Waals surface area contributed by atoms with Crippen LogP contribution in [-0.2, 0) is 12.7 Å². The minimum absolute atomic E-state index is 0.289. The third-order valence-corrected chi connectivity index (χ3v) is 3.07. The van der Waals surface area contributed by atoms with Crippen molar-refractivity contribution in [1.29, 1.82) is 0 Å². The Hall–Kier alpha value is -1.54. The van der Waals surface area contributed by atoms with Crippen molar-refractivity contribution in [2.75, 3.05) is 0 Å². The smallest absolute Gasteiger partial charge is 0.326 e. The van der Waals surface area contributed by atoms with Crippen LogP contribution in [0.1, 0.15) is 11.4 Å². The van der Waals surface area contributed by atoms with Gasteiger partial charge in [0.15, 0.2) is 0 Å². The predicted molar refractivity (Wildman–Crippen MR) is 65.9 cm³/mol. The number of nitrogens with two attached hydrogens (primary N) is 1. The van der Waals surface area contributed by atoms with Crippen LogP contribution in [0.25, 0.3) is 11.3 Å². The van der Waals surface area contributed by atoms with E-state index in [1.54, 1.807) is 6.07 Å². The Morgan fingerprint density at radius 1 is 1.11 bits per heavy atom. The number of hydrogen-bond acceptors (Lipinski definition) is 4. The number of pyridine rings is 1. The second kappa shape index (κ2) is 5.22. The summed E-state index contributed by atoms with van der Waals surface area (Å²) >= 11 is 3.28. The Labute approximate surface area is 115 Å². The fourth-order valence-electron chi connectivity index (χ4n) is 1.40. The summed E-state index contributed by atoms with van der Waals surface area (Å²) in [6, 6.07) is 1.68. The molecule has 0 fully saturated rings. The van der Waals surface area contributed by atoms with Gasteiger partial charge in [-0.15, -0.1) is 0 Å². The highest BCUT2D eigenvalue weighted by Gasteiger charge is 2.34. The van der Waals surface area contributed by atoms with Gasteiger partial charge in [0.1, 0.15) is 0 Å². The molecule has 8 heteroatoms. The molecule has 0 unspecified atom stereocenters. The molecule has 2 N–H and O–H groups in total. The molecule has 2 rings (SSSR count). The maximum atomic E-state index is 12.3. The third-order valence-electron chi connectivity index (χ3n) is 2.36. The Morgan fingerprint density at radius 2 is 1.74 bits per heavy atom. The molecule has 0 aromatic carbocycles. The lowest BCUT2D eigenvalue weighted by Crippen LogP contribution is -2.10. The van der Waals surface area contributed by atoms with Crippen molar-refractivity contribution in [2.45, 2.75) is 12.7 Å². The molecule has 0 bridgehead atoms. The molecule has 0 saturated carbocycles. The van der Waals surface area contributed by atoms with Crippen molar-refractivity contribution in [1.82, 2.24) is 15.0 Å². The normalized spacial score (nSPS) is 11.6. The van der Waals surface area contributed by atoms with Gasteiger partial charge in [-0.25, -0.2) is 9.97 Å². The Kier molecular flexibility index (Phi) is 3.81. The average molecular weight is 333 g/mol. The summed E-state index contributed by atoms with van der Waals surface area (Å²) in [5, 5.41) is 0. The van der Waals surface area contributed by atoms with E-state index >= 15 is 0 Å². The first-order valence-electron chi connectivity index (χ1n) is 5.16. The molecule has 2 aromatic heterocycles. The maximum Gasteiger partial charge on any atom is 0.451 e. The number of alkyl halides is 3. The van der Waals surface area contributed by atoms with Crippen LogP contribution < -0.4 is 5.73 Å². The zero-order chi connectivity index (χ0) is 14.0. The first-order chi connectivity index (χ1) is 8.91. The van der Waals surface area contributed by atoms with Crippen LogP contribution in [0.2, 0.25) is 0 Å². The monoisotopic (exact) mass is 332 g/mol. The van der Waals surface area contributed by atoms with Crippen molar-refractivity contribution >= 4 is 15.9 Å². The molecule has 100 valence electrons. The topological polar surface area (TPSA) is 64.7 Å². The van der Waals surface area contributed by atoms with Gasteiger partial charge < -0.3 is 5.73 Å². The maximum absolute atomic E-state index is 12.3. The highest BCUT2D eigenvalue weighted by atomic mass is 79.9. The summed E-state index contributed by atoms with van der Waals surface area (Å²) in [5.74, 6) is -1.17. The van der Waals surface area contributed by atoms with Crippen LogP contribution in [0.5, 0.6) is 0 Å². The van der Waals surface area contributed by atoms with E-state index in [2.05, 4.69) is 30.9 Å². The van der Waals surface area contributed by atoms with E-state index in [0.29, 0.717) is 11.3 Å². The molecule has 0 atom stereocenters. The molecular formula is C11H8BrF3N4. The zero-order valence-corrected chi connectivity index (χ0v) is 11.0. The van der Waals surface area contributed by atoms with Crippen molar-refractivity contribution in [2.24, 2.45) is 5.73 Å². The Bertz CT molecular complexity index is 583. The number of aromatic nitrogens is 3. The average Bonchev–Trinajstić information content (AvgIpc) is 2.38. The van der Waals surface area contributed by atoms with E-state index in [-0.39, 0.29) is 6.54 Å². The highest BCUT2D eigenvalue weighted by molar-refractivity contribution is 9.10. The first kappa shape index (κ1) is 13.9. The van der Waals surface area contributed by atoms with E-state index in [4.69, 9.17) is 5.73 Å². The van der Waals surface area contributed by atoms with Gasteiger partial charge in [-0.3, -0.25) is 4.98 Å². The molecular weight excluding hydrogens is 325 g/mol. The van der Waals surface area contributed by atoms with Crippen molar-refractivity contribution in [3.05, 3.63) is 40.5 Å². The van der Waals surface area contributed by atoms with Gasteiger partial charge in [-0.05, 0) is 27.6 Å². The minimum atomic E-state index is -4.55. The lowest BCUT2D eigenvalue weighted by molar-refractivity contribution is -0.144. The van der Waals surface area contributed by atoms with E-state index in [9.17, 15) is 13.2 Å². The number of hydrogen-bond donors (Lipinski definition) is 1. The lowest BCUT2D eigenvalue weighted by atomic mass is 10.1. The third kappa shape index (κ3) is 3.07. The fraction of sp³-hybridized carbons (Fsp3) is 0.182. The largest absolute Gasteiger partial charge is 0.451 e. The van der Waals surface area contributed by atoms with Crippen LogP contribution in [0, 0.1) is 0 Å². The van der Waals surface area contributed by atoms with Crippen LogP contribution in [0.4, 0.5) is 13.2 Å². The van der Waals surface area contributed by atoms with Crippen LogP contribution >= 0.6 is 15.9 Å². The summed E-state index contributed by atoms with van der Waals surface area (Å²) in [7, 11) is 0. The quantitative estimate of drug-likeness (QED) is 0.918. The molecule has 0 aliphatic carbocycles. The van der Waals surface area contributed by atoms with Crippen LogP contribution in [0.3, 0.4) is 0 Å². The zero-order valence-electron chi connectivity index (χ0n) is 9.45. The van der Waals surface area contributed by atoms with Gasteiger partial charge in [-0.2, -0.15) is 13.2 Å². The van der Waals surface area contributed by atoms with Gasteiger partial charge in [-0.1, -0.05) is 0 Å². The van der Waals surface area contributed by atoms with E-state index in [0.717, 1.165) is 22.4 Å². The number of rotatable bonds is 2. The molecule has 19 heavy (non-hydrogen) atoms. The molecule has 2 heterocycles. The molecule has 2 aromatic rings. The molecule has 0 aliphatic rings. The molecule has 0 amide bonds. The Balaban J connectivity index is 2.37. The predicted octanol–water partition coefficient (Wildman–Crippen LogP) is 2.78. The standard InChI is InChI=1S/C11H8BrF3N4/c12-8-5-17-9(1-6(8)2-16)7-3-18-10(19-4-7)11(13,14)15/h1,3-5H,2,16H2. The van der Waals surface area contributed by atoms with Gasteiger partial charge >= 0.3 is 6.18 Å². The summed E-state index contributed by atoms with van der Waals surface area (Å²) in [6.45, 7) is 0.289. The highest BCUT2D eigenvalue weighted by Crippen LogP contribution is 2.27. The van der Waals surface area contributed by atoms with Gasteiger partial charge in [0, 0.05) is 35.2 Å². The molecule has 0 saturated heterocycles. The summed E-state index contributed by atoms with van der Waals surface area (Å²) < 4.78 is 37.7. The molecule has 0 radical (unpaired) electrons. The first-order valence-corrected chi connectivity index (χ1v) is 5.95. The van der Waals surface area contributed by atoms with Crippen molar-refractivity contribution < 1.29 is 13.2 Å². The number of halogens is 4. The molecule has 4 nitrogen and oxygen atoms in total. The van der Waals surface area contributed by atoms with E-state index in [1.807, 2.05) is 0 Å².